The average molecular weight is 175 g/mol. The number of hydrogen-bond donors (Lipinski definition) is 1. The van der Waals surface area contributed by atoms with E-state index in [1.807, 2.05) is 31.2 Å². The lowest BCUT2D eigenvalue weighted by Gasteiger charge is -2.11. The second kappa shape index (κ2) is 4.54. The molecule has 1 rings (SSSR count). The molecule has 0 aliphatic heterocycles. The van der Waals surface area contributed by atoms with Crippen LogP contribution in [-0.2, 0) is 0 Å². The topological polar surface area (TPSA) is 35.2 Å². The fourth-order valence-corrected chi connectivity index (χ4v) is 1.11. The first-order chi connectivity index (χ1) is 6.29. The Bertz CT molecular complexity index is 314. The van der Waals surface area contributed by atoms with Crippen molar-refractivity contribution in [2.75, 3.05) is 6.61 Å². The zero-order valence-corrected chi connectivity index (χ0v) is 7.66. The summed E-state index contributed by atoms with van der Waals surface area (Å²) in [5.74, 6) is 3.25. The molecule has 0 bridgehead atoms. The lowest BCUT2D eigenvalue weighted by atomic mass is 10.1. The van der Waals surface area contributed by atoms with E-state index in [0.29, 0.717) is 6.61 Å². The van der Waals surface area contributed by atoms with Crippen molar-refractivity contribution in [1.29, 1.82) is 0 Å². The molecule has 0 amide bonds. The Kier molecular flexibility index (Phi) is 3.36. The zero-order valence-electron chi connectivity index (χ0n) is 7.66. The van der Waals surface area contributed by atoms with Crippen LogP contribution in [0.1, 0.15) is 18.5 Å². The summed E-state index contributed by atoms with van der Waals surface area (Å²) >= 11 is 0. The van der Waals surface area contributed by atoms with E-state index in [0.717, 1.165) is 11.3 Å². The molecule has 0 radical (unpaired) electrons. The van der Waals surface area contributed by atoms with E-state index in [1.165, 1.54) is 0 Å². The van der Waals surface area contributed by atoms with Gasteiger partial charge >= 0.3 is 0 Å². The summed E-state index contributed by atoms with van der Waals surface area (Å²) in [6.07, 6.45) is 5.24. The van der Waals surface area contributed by atoms with Gasteiger partial charge in [-0.2, -0.15) is 0 Å². The molecule has 2 nitrogen and oxygen atoms in total. The molecule has 0 saturated heterocycles. The summed E-state index contributed by atoms with van der Waals surface area (Å²) in [5, 5.41) is 0. The van der Waals surface area contributed by atoms with Crippen LogP contribution in [0.5, 0.6) is 5.75 Å². The third-order valence-electron chi connectivity index (χ3n) is 1.73. The first kappa shape index (κ1) is 9.63. The molecule has 0 aliphatic carbocycles. The Balaban J connectivity index is 2.98. The monoisotopic (exact) mass is 175 g/mol. The van der Waals surface area contributed by atoms with Crippen LogP contribution in [-0.4, -0.2) is 6.61 Å². The molecular weight excluding hydrogens is 162 g/mol. The molecule has 1 aromatic carbocycles. The Labute approximate surface area is 78.7 Å². The first-order valence-corrected chi connectivity index (χ1v) is 4.23. The van der Waals surface area contributed by atoms with Gasteiger partial charge in [0.15, 0.2) is 0 Å². The minimum Gasteiger partial charge on any atom is -0.493 e. The third-order valence-corrected chi connectivity index (χ3v) is 1.73. The molecule has 0 aromatic heterocycles. The SMILES string of the molecule is C#CC(N)c1ccccc1OCC. The molecule has 0 saturated carbocycles. The van der Waals surface area contributed by atoms with E-state index >= 15 is 0 Å². The molecule has 1 atom stereocenters. The quantitative estimate of drug-likeness (QED) is 0.710. The van der Waals surface area contributed by atoms with Gasteiger partial charge in [-0.05, 0) is 13.0 Å². The number of terminal acetylenes is 1. The maximum absolute atomic E-state index is 5.71. The highest BCUT2D eigenvalue weighted by atomic mass is 16.5. The second-order valence-corrected chi connectivity index (χ2v) is 2.62. The summed E-state index contributed by atoms with van der Waals surface area (Å²) in [4.78, 5) is 0. The first-order valence-electron chi connectivity index (χ1n) is 4.23. The van der Waals surface area contributed by atoms with Gasteiger partial charge in [-0.1, -0.05) is 24.1 Å². The van der Waals surface area contributed by atoms with Gasteiger partial charge in [0, 0.05) is 5.56 Å². The smallest absolute Gasteiger partial charge is 0.125 e. The van der Waals surface area contributed by atoms with E-state index in [1.54, 1.807) is 0 Å². The fourth-order valence-electron chi connectivity index (χ4n) is 1.11. The molecule has 2 heteroatoms. The van der Waals surface area contributed by atoms with Crippen molar-refractivity contribution in [3.63, 3.8) is 0 Å². The van der Waals surface area contributed by atoms with Crippen molar-refractivity contribution >= 4 is 0 Å². The van der Waals surface area contributed by atoms with Crippen LogP contribution in [0.25, 0.3) is 0 Å². The lowest BCUT2D eigenvalue weighted by molar-refractivity contribution is 0.336. The Morgan fingerprint density at radius 3 is 2.85 bits per heavy atom. The number of para-hydroxylation sites is 1. The molecule has 0 fully saturated rings. The Morgan fingerprint density at radius 1 is 1.54 bits per heavy atom. The summed E-state index contributed by atoms with van der Waals surface area (Å²) in [6.45, 7) is 2.55. The lowest BCUT2D eigenvalue weighted by Crippen LogP contribution is -2.09. The number of nitrogens with two attached hydrogens (primary N) is 1. The third kappa shape index (κ3) is 2.24. The minimum absolute atomic E-state index is 0.386. The molecule has 68 valence electrons. The van der Waals surface area contributed by atoms with Gasteiger partial charge in [0.2, 0.25) is 0 Å². The second-order valence-electron chi connectivity index (χ2n) is 2.62. The standard InChI is InChI=1S/C11H13NO/c1-3-10(12)9-7-5-6-8-11(9)13-4-2/h1,5-8,10H,4,12H2,2H3. The van der Waals surface area contributed by atoms with Crippen molar-refractivity contribution in [1.82, 2.24) is 0 Å². The molecule has 1 aromatic rings. The summed E-state index contributed by atoms with van der Waals surface area (Å²) < 4.78 is 5.38. The molecule has 0 heterocycles. The maximum atomic E-state index is 5.71. The van der Waals surface area contributed by atoms with Crippen LogP contribution >= 0.6 is 0 Å². The van der Waals surface area contributed by atoms with Crippen LogP contribution in [0.4, 0.5) is 0 Å². The van der Waals surface area contributed by atoms with E-state index in [9.17, 15) is 0 Å². The van der Waals surface area contributed by atoms with Crippen molar-refractivity contribution < 1.29 is 4.74 Å². The number of benzene rings is 1. The number of rotatable bonds is 3. The average Bonchev–Trinajstić information content (AvgIpc) is 2.18. The van der Waals surface area contributed by atoms with Gasteiger partial charge in [0.25, 0.3) is 0 Å². The molecule has 1 unspecified atom stereocenters. The van der Waals surface area contributed by atoms with Crippen molar-refractivity contribution in [3.05, 3.63) is 29.8 Å². The fraction of sp³-hybridized carbons (Fsp3) is 0.273. The van der Waals surface area contributed by atoms with E-state index < -0.39 is 0 Å². The highest BCUT2D eigenvalue weighted by molar-refractivity contribution is 5.38. The molecule has 0 spiro atoms. The van der Waals surface area contributed by atoms with E-state index in [4.69, 9.17) is 16.9 Å². The van der Waals surface area contributed by atoms with Gasteiger partial charge in [0.05, 0.1) is 12.6 Å². The minimum atomic E-state index is -0.386. The normalized spacial score (nSPS) is 11.8. The Hall–Kier alpha value is -1.46. The van der Waals surface area contributed by atoms with Crippen LogP contribution < -0.4 is 10.5 Å². The summed E-state index contributed by atoms with van der Waals surface area (Å²) in [7, 11) is 0. The van der Waals surface area contributed by atoms with Gasteiger partial charge in [-0.3, -0.25) is 0 Å². The van der Waals surface area contributed by atoms with Crippen LogP contribution in [0, 0.1) is 12.3 Å². The highest BCUT2D eigenvalue weighted by Gasteiger charge is 2.07. The zero-order chi connectivity index (χ0) is 9.68. The van der Waals surface area contributed by atoms with Crippen LogP contribution in [0.2, 0.25) is 0 Å². The van der Waals surface area contributed by atoms with E-state index in [2.05, 4.69) is 5.92 Å². The summed E-state index contributed by atoms with van der Waals surface area (Å²) in [5.41, 5.74) is 6.58. The molecule has 13 heavy (non-hydrogen) atoms. The van der Waals surface area contributed by atoms with Crippen LogP contribution in [0.3, 0.4) is 0 Å². The van der Waals surface area contributed by atoms with Crippen molar-refractivity contribution in [2.24, 2.45) is 5.73 Å². The van der Waals surface area contributed by atoms with Gasteiger partial charge in [0.1, 0.15) is 5.75 Å². The molecule has 2 N–H and O–H groups in total. The number of ether oxygens (including phenoxy) is 1. The highest BCUT2D eigenvalue weighted by Crippen LogP contribution is 2.22. The maximum Gasteiger partial charge on any atom is 0.125 e. The Morgan fingerprint density at radius 2 is 2.23 bits per heavy atom. The van der Waals surface area contributed by atoms with Gasteiger partial charge in [-0.25, -0.2) is 0 Å². The predicted molar refractivity (Wildman–Crippen MR) is 53.4 cm³/mol. The van der Waals surface area contributed by atoms with Crippen molar-refractivity contribution in [2.45, 2.75) is 13.0 Å². The van der Waals surface area contributed by atoms with Crippen molar-refractivity contribution in [3.8, 4) is 18.1 Å². The number of hydrogen-bond acceptors (Lipinski definition) is 2. The molecule has 0 aliphatic rings. The van der Waals surface area contributed by atoms with Crippen LogP contribution in [0.15, 0.2) is 24.3 Å². The van der Waals surface area contributed by atoms with Gasteiger partial charge < -0.3 is 10.5 Å². The predicted octanol–water partition coefficient (Wildman–Crippen LogP) is 1.72. The summed E-state index contributed by atoms with van der Waals surface area (Å²) in [6, 6.07) is 7.17. The largest absolute Gasteiger partial charge is 0.493 e. The molecular formula is C11H13NO. The van der Waals surface area contributed by atoms with Gasteiger partial charge in [-0.15, -0.1) is 6.42 Å². The van der Waals surface area contributed by atoms with E-state index in [-0.39, 0.29) is 6.04 Å².